The number of benzene rings is 10. The second kappa shape index (κ2) is 14.0. The number of hydrogen-bond acceptors (Lipinski definition) is 2. The highest BCUT2D eigenvalue weighted by Crippen LogP contribution is 2.42. The molecule has 2 aromatic heterocycles. The molecule has 3 heterocycles. The lowest BCUT2D eigenvalue weighted by Crippen LogP contribution is -2.06. The van der Waals surface area contributed by atoms with E-state index >= 15 is 0 Å². The normalized spacial score (nSPS) is 14.1. The predicted octanol–water partition coefficient (Wildman–Crippen LogP) is 14.3. The average molecular weight is 801 g/mol. The second-order valence-corrected chi connectivity index (χ2v) is 16.4. The van der Waals surface area contributed by atoms with Crippen LogP contribution in [0.4, 0.5) is 0 Å². The van der Waals surface area contributed by atoms with Crippen molar-refractivity contribution in [2.75, 3.05) is 0 Å². The third-order valence-corrected chi connectivity index (χ3v) is 12.8. The number of nitrogens with zero attached hydrogens (tertiary/aromatic N) is 4. The molecule has 292 valence electrons. The summed E-state index contributed by atoms with van der Waals surface area (Å²) in [5, 5.41) is 11.9. The van der Waals surface area contributed by atoms with E-state index in [0.717, 1.165) is 49.7 Å². The molecule has 10 aromatic carbocycles. The Hall–Kier alpha value is -8.52. The third-order valence-electron chi connectivity index (χ3n) is 12.8. The number of aromatic nitrogens is 2. The van der Waals surface area contributed by atoms with Gasteiger partial charge in [0.2, 0.25) is 0 Å². The molecule has 0 aliphatic carbocycles. The maximum Gasteiger partial charge on any atom is 0.158 e. The summed E-state index contributed by atoms with van der Waals surface area (Å²) in [5.74, 6) is 7.58. The van der Waals surface area contributed by atoms with Gasteiger partial charge in [-0.25, -0.2) is 9.98 Å². The van der Waals surface area contributed by atoms with Crippen molar-refractivity contribution in [2.24, 2.45) is 9.98 Å². The van der Waals surface area contributed by atoms with Gasteiger partial charge in [-0.1, -0.05) is 164 Å². The number of amidine groups is 1. The lowest BCUT2D eigenvalue weighted by Gasteiger charge is -2.13. The molecule has 4 heteroatoms. The first kappa shape index (κ1) is 35.3. The highest BCUT2D eigenvalue weighted by molar-refractivity contribution is 6.26. The lowest BCUT2D eigenvalue weighted by molar-refractivity contribution is 0.945. The minimum absolute atomic E-state index is 0.364. The number of para-hydroxylation sites is 2. The molecule has 0 saturated heterocycles. The molecule has 63 heavy (non-hydrogen) atoms. The highest BCUT2D eigenvalue weighted by Gasteiger charge is 2.21. The topological polar surface area (TPSA) is 34.6 Å². The van der Waals surface area contributed by atoms with Gasteiger partial charge < -0.3 is 9.13 Å². The third kappa shape index (κ3) is 5.64. The van der Waals surface area contributed by atoms with Crippen molar-refractivity contribution in [3.8, 4) is 23.2 Å². The van der Waals surface area contributed by atoms with Gasteiger partial charge in [-0.2, -0.15) is 0 Å². The Morgan fingerprint density at radius 2 is 1.08 bits per heavy atom. The number of rotatable bonds is 5. The van der Waals surface area contributed by atoms with E-state index in [4.69, 9.17) is 9.98 Å². The fourth-order valence-electron chi connectivity index (χ4n) is 9.84. The van der Waals surface area contributed by atoms with Crippen molar-refractivity contribution in [1.29, 1.82) is 0 Å². The minimum Gasteiger partial charge on any atom is -0.309 e. The van der Waals surface area contributed by atoms with Crippen molar-refractivity contribution in [3.63, 3.8) is 0 Å². The summed E-state index contributed by atoms with van der Waals surface area (Å²) in [6, 6.07) is 75.7. The molecule has 1 atom stereocenters. The average Bonchev–Trinajstić information content (AvgIpc) is 3.74. The Labute approximate surface area is 363 Å². The van der Waals surface area contributed by atoms with Gasteiger partial charge in [0.1, 0.15) is 11.8 Å². The van der Waals surface area contributed by atoms with E-state index in [2.05, 4.69) is 215 Å². The molecule has 0 radical (unpaired) electrons. The first-order chi connectivity index (χ1) is 31.2. The van der Waals surface area contributed by atoms with Crippen LogP contribution in [0.5, 0.6) is 0 Å². The van der Waals surface area contributed by atoms with Crippen LogP contribution in [-0.2, 0) is 0 Å². The summed E-state index contributed by atoms with van der Waals surface area (Å²) in [5.41, 5.74) is 10.7. The Morgan fingerprint density at radius 3 is 1.95 bits per heavy atom. The monoisotopic (exact) mass is 800 g/mol. The maximum absolute atomic E-state index is 5.31. The Kier molecular flexibility index (Phi) is 7.85. The molecule has 0 N–H and O–H groups in total. The van der Waals surface area contributed by atoms with Gasteiger partial charge in [-0.3, -0.25) is 0 Å². The number of hydrogen-bond donors (Lipinski definition) is 0. The summed E-state index contributed by atoms with van der Waals surface area (Å²) < 4.78 is 4.86. The smallest absolute Gasteiger partial charge is 0.158 e. The van der Waals surface area contributed by atoms with Crippen LogP contribution in [0.15, 0.2) is 222 Å². The van der Waals surface area contributed by atoms with Crippen molar-refractivity contribution >= 4 is 87.5 Å². The van der Waals surface area contributed by atoms with Crippen LogP contribution in [0.3, 0.4) is 0 Å². The molecule has 0 amide bonds. The fraction of sp³-hybridized carbons (Fsp3) is 0.0169. The molecular formula is C59H36N4. The maximum atomic E-state index is 5.31. The van der Waals surface area contributed by atoms with Crippen LogP contribution >= 0.6 is 0 Å². The molecule has 4 nitrogen and oxygen atoms in total. The predicted molar refractivity (Wildman–Crippen MR) is 264 cm³/mol. The van der Waals surface area contributed by atoms with Gasteiger partial charge in [-0.05, 0) is 98.4 Å². The molecule has 1 unspecified atom stereocenters. The van der Waals surface area contributed by atoms with E-state index in [-0.39, 0.29) is 6.04 Å². The Bertz CT molecular complexity index is 3970. The van der Waals surface area contributed by atoms with Gasteiger partial charge in [0.25, 0.3) is 0 Å². The van der Waals surface area contributed by atoms with Crippen LogP contribution in [-0.4, -0.2) is 20.7 Å². The van der Waals surface area contributed by atoms with Crippen molar-refractivity contribution < 1.29 is 0 Å². The van der Waals surface area contributed by atoms with Crippen molar-refractivity contribution in [1.82, 2.24) is 9.13 Å². The summed E-state index contributed by atoms with van der Waals surface area (Å²) in [4.78, 5) is 10.6. The van der Waals surface area contributed by atoms with Crippen LogP contribution in [0, 0.1) is 11.8 Å². The molecule has 13 rings (SSSR count). The van der Waals surface area contributed by atoms with Gasteiger partial charge >= 0.3 is 0 Å². The van der Waals surface area contributed by atoms with E-state index < -0.39 is 0 Å². The Balaban J connectivity index is 1.02. The molecular weight excluding hydrogens is 765 g/mol. The van der Waals surface area contributed by atoms with E-state index in [9.17, 15) is 0 Å². The zero-order valence-electron chi connectivity index (χ0n) is 34.1. The quantitative estimate of drug-likeness (QED) is 0.155. The first-order valence-electron chi connectivity index (χ1n) is 21.4. The minimum atomic E-state index is -0.364. The van der Waals surface area contributed by atoms with E-state index in [0.29, 0.717) is 11.5 Å². The van der Waals surface area contributed by atoms with Crippen LogP contribution in [0.25, 0.3) is 87.3 Å². The van der Waals surface area contributed by atoms with Crippen LogP contribution in [0.2, 0.25) is 0 Å². The van der Waals surface area contributed by atoms with Crippen LogP contribution < -0.4 is 0 Å². The fourth-order valence-corrected chi connectivity index (χ4v) is 9.84. The molecule has 0 spiro atoms. The second-order valence-electron chi connectivity index (χ2n) is 16.4. The molecule has 1 aliphatic rings. The van der Waals surface area contributed by atoms with Gasteiger partial charge in [0, 0.05) is 44.0 Å². The van der Waals surface area contributed by atoms with Gasteiger partial charge in [-0.15, -0.1) is 0 Å². The van der Waals surface area contributed by atoms with Gasteiger partial charge in [0.05, 0.1) is 22.1 Å². The highest BCUT2D eigenvalue weighted by atomic mass is 15.0. The molecule has 1 aliphatic heterocycles. The molecule has 12 aromatic rings. The number of aliphatic imine (C=N–C) groups is 2. The summed E-state index contributed by atoms with van der Waals surface area (Å²) in [6.45, 7) is 0. The standard InChI is InChI=1S/C59H36N4/c1-3-16-40(17-4-1)52-31-32-53(43-27-26-38-14-7-8-18-41(38)34-43)61-59(60-52)49-24-13-19-42-35-45(29-30-46(42)49)63-54-25-12-11-23-48(54)50-36-57-51(37-56(50)63)58-47-22-10-9-15-39(47)28-33-55(58)62(57)44-20-5-2-6-21-44/h1-30,33-37,52H. The Morgan fingerprint density at radius 1 is 0.397 bits per heavy atom. The number of fused-ring (bicyclic) bond motifs is 10. The summed E-state index contributed by atoms with van der Waals surface area (Å²) >= 11 is 0. The molecule has 0 fully saturated rings. The first-order valence-corrected chi connectivity index (χ1v) is 21.4. The van der Waals surface area contributed by atoms with Crippen molar-refractivity contribution in [2.45, 2.75) is 6.04 Å². The zero-order chi connectivity index (χ0) is 41.4. The van der Waals surface area contributed by atoms with E-state index in [1.54, 1.807) is 0 Å². The van der Waals surface area contributed by atoms with Crippen molar-refractivity contribution in [3.05, 3.63) is 229 Å². The van der Waals surface area contributed by atoms with Gasteiger partial charge in [0.15, 0.2) is 5.84 Å². The largest absolute Gasteiger partial charge is 0.309 e. The molecule has 0 bridgehead atoms. The lowest BCUT2D eigenvalue weighted by atomic mass is 10.0. The zero-order valence-corrected chi connectivity index (χ0v) is 34.1. The van der Waals surface area contributed by atoms with Crippen LogP contribution in [0.1, 0.15) is 22.7 Å². The SMILES string of the molecule is C1#CC(c2ccccc2)N=C(c2cccc3cc(-n4c5ccccc5c5cc6c(cc54)c4c5ccccc5ccc4n6-c4ccccc4)ccc23)N=C1c1ccc2ccccc2c1. The van der Waals surface area contributed by atoms with E-state index in [1.807, 2.05) is 18.2 Å². The summed E-state index contributed by atoms with van der Waals surface area (Å²) in [6.07, 6.45) is 0. The molecule has 0 saturated carbocycles. The van der Waals surface area contributed by atoms with E-state index in [1.165, 1.54) is 54.3 Å². The summed E-state index contributed by atoms with van der Waals surface area (Å²) in [7, 11) is 0.